The molecule has 1 N–H and O–H groups in total. The summed E-state index contributed by atoms with van der Waals surface area (Å²) in [7, 11) is -2.53. The second-order valence-electron chi connectivity index (χ2n) is 2.66. The molecule has 0 bridgehead atoms. The molecule has 0 aliphatic rings. The minimum atomic E-state index is -2.53. The van der Waals surface area contributed by atoms with Crippen LogP contribution in [-0.2, 0) is 9.73 Å². The summed E-state index contributed by atoms with van der Waals surface area (Å²) in [6.45, 7) is 1.93. The van der Waals surface area contributed by atoms with Crippen molar-refractivity contribution in [1.82, 2.24) is 0 Å². The molecule has 0 radical (unpaired) electrons. The SMILES string of the molecule is Cc1cccc(S(C)(=N)=O)c1.Cl. The number of benzene rings is 1. The summed E-state index contributed by atoms with van der Waals surface area (Å²) in [5.41, 5.74) is 1.05. The van der Waals surface area contributed by atoms with Gasteiger partial charge in [0, 0.05) is 11.2 Å². The van der Waals surface area contributed by atoms with E-state index < -0.39 is 9.73 Å². The fourth-order valence-electron chi connectivity index (χ4n) is 0.858. The third-order valence-corrected chi connectivity index (χ3v) is 2.59. The maximum atomic E-state index is 11.2. The largest absolute Gasteiger partial charge is 0.249 e. The predicted molar refractivity (Wildman–Crippen MR) is 53.5 cm³/mol. The average molecular weight is 206 g/mol. The van der Waals surface area contributed by atoms with Gasteiger partial charge in [0.25, 0.3) is 0 Å². The van der Waals surface area contributed by atoms with E-state index in [9.17, 15) is 4.21 Å². The maximum Gasteiger partial charge on any atom is 0.0696 e. The quantitative estimate of drug-likeness (QED) is 0.752. The zero-order valence-corrected chi connectivity index (χ0v) is 8.67. The van der Waals surface area contributed by atoms with Gasteiger partial charge >= 0.3 is 0 Å². The number of hydrogen-bond acceptors (Lipinski definition) is 2. The summed E-state index contributed by atoms with van der Waals surface area (Å²) in [5, 5.41) is 0. The standard InChI is InChI=1S/C8H11NOS.ClH/c1-7-4-3-5-8(6-7)11(2,9)10;/h3-6,9H,1-2H3;1H. The van der Waals surface area contributed by atoms with Crippen LogP contribution in [0.2, 0.25) is 0 Å². The topological polar surface area (TPSA) is 40.9 Å². The van der Waals surface area contributed by atoms with Crippen molar-refractivity contribution in [3.05, 3.63) is 29.8 Å². The van der Waals surface area contributed by atoms with Crippen LogP contribution in [0, 0.1) is 11.7 Å². The minimum Gasteiger partial charge on any atom is -0.249 e. The molecule has 68 valence electrons. The Balaban J connectivity index is 0.00000121. The molecule has 0 aliphatic carbocycles. The Hall–Kier alpha value is -0.540. The van der Waals surface area contributed by atoms with Crippen LogP contribution in [0.3, 0.4) is 0 Å². The Kier molecular flexibility index (Phi) is 3.74. The first-order chi connectivity index (χ1) is 5.00. The molecule has 0 aliphatic heterocycles. The van der Waals surface area contributed by atoms with Gasteiger partial charge in [0.15, 0.2) is 0 Å². The van der Waals surface area contributed by atoms with Crippen LogP contribution in [0.15, 0.2) is 29.2 Å². The molecule has 1 aromatic rings. The molecule has 1 rings (SSSR count). The van der Waals surface area contributed by atoms with Crippen LogP contribution in [-0.4, -0.2) is 10.5 Å². The lowest BCUT2D eigenvalue weighted by molar-refractivity contribution is 0.679. The summed E-state index contributed by atoms with van der Waals surface area (Å²) in [4.78, 5) is 0.609. The summed E-state index contributed by atoms with van der Waals surface area (Å²) < 4.78 is 18.5. The molecule has 0 heterocycles. The van der Waals surface area contributed by atoms with Crippen molar-refractivity contribution < 1.29 is 4.21 Å². The number of hydrogen-bond donors (Lipinski definition) is 1. The van der Waals surface area contributed by atoms with Gasteiger partial charge in [0.1, 0.15) is 0 Å². The van der Waals surface area contributed by atoms with Crippen molar-refractivity contribution in [1.29, 1.82) is 4.78 Å². The number of nitrogens with one attached hydrogen (secondary N) is 1. The van der Waals surface area contributed by atoms with Crippen molar-refractivity contribution in [2.45, 2.75) is 11.8 Å². The third-order valence-electron chi connectivity index (χ3n) is 1.44. The molecule has 0 spiro atoms. The highest BCUT2D eigenvalue weighted by atomic mass is 35.5. The molecular formula is C8H12ClNOS. The lowest BCUT2D eigenvalue weighted by Gasteiger charge is -2.00. The molecule has 0 saturated carbocycles. The lowest BCUT2D eigenvalue weighted by Crippen LogP contribution is -1.94. The Morgan fingerprint density at radius 1 is 1.42 bits per heavy atom. The fourth-order valence-corrected chi connectivity index (χ4v) is 1.61. The van der Waals surface area contributed by atoms with Gasteiger partial charge in [-0.15, -0.1) is 12.4 Å². The number of halogens is 1. The third kappa shape index (κ3) is 2.83. The Labute approximate surface area is 79.4 Å². The van der Waals surface area contributed by atoms with Gasteiger partial charge in [0.05, 0.1) is 9.73 Å². The van der Waals surface area contributed by atoms with E-state index in [2.05, 4.69) is 0 Å². The van der Waals surface area contributed by atoms with Crippen LogP contribution >= 0.6 is 12.4 Å². The molecule has 0 fully saturated rings. The van der Waals surface area contributed by atoms with Gasteiger partial charge < -0.3 is 0 Å². The molecule has 1 unspecified atom stereocenters. The van der Waals surface area contributed by atoms with Crippen molar-refractivity contribution >= 4 is 22.1 Å². The highest BCUT2D eigenvalue weighted by Crippen LogP contribution is 2.10. The van der Waals surface area contributed by atoms with E-state index >= 15 is 0 Å². The normalized spacial score (nSPS) is 14.5. The lowest BCUT2D eigenvalue weighted by atomic mass is 10.2. The Bertz CT molecular complexity index is 359. The van der Waals surface area contributed by atoms with E-state index in [0.29, 0.717) is 4.90 Å². The average Bonchev–Trinajstić information content (AvgIpc) is 1.86. The van der Waals surface area contributed by atoms with E-state index in [1.54, 1.807) is 12.1 Å². The molecule has 1 aromatic carbocycles. The molecule has 12 heavy (non-hydrogen) atoms. The van der Waals surface area contributed by atoms with E-state index in [1.165, 1.54) is 6.26 Å². The molecule has 0 amide bonds. The fraction of sp³-hybridized carbons (Fsp3) is 0.250. The Morgan fingerprint density at radius 2 is 2.00 bits per heavy atom. The first kappa shape index (κ1) is 11.5. The van der Waals surface area contributed by atoms with Crippen LogP contribution in [0.4, 0.5) is 0 Å². The molecular weight excluding hydrogens is 194 g/mol. The second kappa shape index (κ2) is 3.92. The molecule has 0 aromatic heterocycles. The van der Waals surface area contributed by atoms with Crippen molar-refractivity contribution in [2.75, 3.05) is 6.26 Å². The molecule has 2 nitrogen and oxygen atoms in total. The van der Waals surface area contributed by atoms with Gasteiger partial charge in [-0.1, -0.05) is 12.1 Å². The minimum absolute atomic E-state index is 0. The summed E-state index contributed by atoms with van der Waals surface area (Å²) in [5.74, 6) is 0. The highest BCUT2D eigenvalue weighted by molar-refractivity contribution is 7.91. The number of rotatable bonds is 1. The van der Waals surface area contributed by atoms with E-state index in [-0.39, 0.29) is 12.4 Å². The van der Waals surface area contributed by atoms with E-state index in [1.807, 2.05) is 19.1 Å². The summed E-state index contributed by atoms with van der Waals surface area (Å²) >= 11 is 0. The second-order valence-corrected chi connectivity index (χ2v) is 4.82. The molecule has 4 heteroatoms. The molecule has 1 atom stereocenters. The first-order valence-electron chi connectivity index (χ1n) is 3.30. The maximum absolute atomic E-state index is 11.2. The van der Waals surface area contributed by atoms with Gasteiger partial charge in [-0.25, -0.2) is 8.99 Å². The zero-order valence-electron chi connectivity index (χ0n) is 7.03. The smallest absolute Gasteiger partial charge is 0.0696 e. The van der Waals surface area contributed by atoms with E-state index in [0.717, 1.165) is 5.56 Å². The van der Waals surface area contributed by atoms with Crippen molar-refractivity contribution in [3.63, 3.8) is 0 Å². The zero-order chi connectivity index (χ0) is 8.48. The van der Waals surface area contributed by atoms with E-state index in [4.69, 9.17) is 4.78 Å². The van der Waals surface area contributed by atoms with Gasteiger partial charge in [-0.2, -0.15) is 0 Å². The predicted octanol–water partition coefficient (Wildman–Crippen LogP) is 2.45. The highest BCUT2D eigenvalue weighted by Gasteiger charge is 2.00. The van der Waals surface area contributed by atoms with Crippen molar-refractivity contribution in [3.8, 4) is 0 Å². The summed E-state index contributed by atoms with van der Waals surface area (Å²) in [6, 6.07) is 7.26. The molecule has 0 saturated heterocycles. The van der Waals surface area contributed by atoms with Crippen LogP contribution in [0.1, 0.15) is 5.56 Å². The Morgan fingerprint density at radius 3 is 2.33 bits per heavy atom. The van der Waals surface area contributed by atoms with Crippen molar-refractivity contribution in [2.24, 2.45) is 0 Å². The van der Waals surface area contributed by atoms with Gasteiger partial charge in [-0.3, -0.25) is 0 Å². The van der Waals surface area contributed by atoms with Crippen LogP contribution in [0.25, 0.3) is 0 Å². The number of aryl methyl sites for hydroxylation is 1. The van der Waals surface area contributed by atoms with Gasteiger partial charge in [0.2, 0.25) is 0 Å². The van der Waals surface area contributed by atoms with Gasteiger partial charge in [-0.05, 0) is 24.6 Å². The van der Waals surface area contributed by atoms with Crippen LogP contribution < -0.4 is 0 Å². The van der Waals surface area contributed by atoms with Crippen LogP contribution in [0.5, 0.6) is 0 Å². The first-order valence-corrected chi connectivity index (χ1v) is 5.27. The monoisotopic (exact) mass is 205 g/mol. The summed E-state index contributed by atoms with van der Waals surface area (Å²) in [6.07, 6.45) is 1.43.